The van der Waals surface area contributed by atoms with Crippen molar-refractivity contribution in [3.8, 4) is 5.75 Å². The minimum absolute atomic E-state index is 0.0218. The van der Waals surface area contributed by atoms with Gasteiger partial charge < -0.3 is 104 Å². The van der Waals surface area contributed by atoms with E-state index in [2.05, 4.69) is 179 Å². The Labute approximate surface area is 849 Å². The van der Waals surface area contributed by atoms with E-state index in [1.807, 2.05) is 108 Å². The van der Waals surface area contributed by atoms with Crippen molar-refractivity contribution in [1.82, 2.24) is 102 Å². The number of piperidine rings is 2. The quantitative estimate of drug-likeness (QED) is 0.0735. The molecule has 21 heterocycles. The van der Waals surface area contributed by atoms with E-state index in [1.165, 1.54) is 11.3 Å². The van der Waals surface area contributed by atoms with Crippen molar-refractivity contribution in [2.45, 2.75) is 190 Å². The smallest absolute Gasteiger partial charge is 0.227 e. The van der Waals surface area contributed by atoms with Crippen molar-refractivity contribution in [3.63, 3.8) is 0 Å². The molecule has 4 fully saturated rings. The molecular formula is C103H130N36O8. The summed E-state index contributed by atoms with van der Waals surface area (Å²) in [6, 6.07) is 29.2. The van der Waals surface area contributed by atoms with Gasteiger partial charge in [-0.3, -0.25) is 28.8 Å². The normalized spacial score (nSPS) is 20.6. The average Bonchev–Trinajstić information content (AvgIpc) is 1.65. The summed E-state index contributed by atoms with van der Waals surface area (Å²) in [7, 11) is 15.3. The second-order valence-electron chi connectivity index (χ2n) is 38.7. The third-order valence-electron chi connectivity index (χ3n) is 28.4. The number of nitrogens with zero attached hydrogens (tertiary/aromatic N) is 21. The number of ketones is 3. The Kier molecular flexibility index (Phi) is 30.6. The minimum atomic E-state index is -0.147. The van der Waals surface area contributed by atoms with Gasteiger partial charge in [-0.15, -0.1) is 0 Å². The molecule has 12 aromatic heterocycles. The molecule has 24 bridgehead atoms. The lowest BCUT2D eigenvalue weighted by Gasteiger charge is -2.39. The Morgan fingerprint density at radius 2 is 0.803 bits per heavy atom. The maximum atomic E-state index is 12.7. The summed E-state index contributed by atoms with van der Waals surface area (Å²) in [5, 5.41) is 74.2. The fourth-order valence-electron chi connectivity index (χ4n) is 20.8. The van der Waals surface area contributed by atoms with Crippen LogP contribution < -0.4 is 84.5 Å². The van der Waals surface area contributed by atoms with E-state index in [0.29, 0.717) is 166 Å². The number of Topliss-reactive ketones (excluding diaryl/α,β-unsaturated/α-hetero) is 3. The second-order valence-corrected chi connectivity index (χ2v) is 38.7. The van der Waals surface area contributed by atoms with Crippen LogP contribution >= 0.6 is 0 Å². The second kappa shape index (κ2) is 45.1. The molecule has 24 rings (SSSR count). The zero-order chi connectivity index (χ0) is 102. The Morgan fingerprint density at radius 3 is 1.34 bits per heavy atom. The molecule has 2 aromatic carbocycles. The van der Waals surface area contributed by atoms with Crippen molar-refractivity contribution < 1.29 is 38.2 Å². The van der Waals surface area contributed by atoms with Crippen molar-refractivity contribution in [2.24, 2.45) is 5.92 Å². The molecule has 14 aromatic rings. The Hall–Kier alpha value is -16.0. The molecule has 10 aliphatic rings. The van der Waals surface area contributed by atoms with E-state index in [-0.39, 0.29) is 47.6 Å². The summed E-state index contributed by atoms with van der Waals surface area (Å²) in [6.45, 7) is 13.2. The number of aryl methyl sites for hydroxylation is 1. The van der Waals surface area contributed by atoms with E-state index < -0.39 is 0 Å². The lowest BCUT2D eigenvalue weighted by molar-refractivity contribution is -0.118. The lowest BCUT2D eigenvalue weighted by atomic mass is 9.87. The van der Waals surface area contributed by atoms with E-state index in [1.54, 1.807) is 71.3 Å². The fraction of sp³-hybridized carbons (Fsp3) is 0.437. The molecule has 3 saturated heterocycles. The molecule has 0 spiro atoms. The van der Waals surface area contributed by atoms with Gasteiger partial charge in [0.15, 0.2) is 51.2 Å². The number of ether oxygens (including phenoxy) is 2. The average molecular weight is 2000 g/mol. The zero-order valence-corrected chi connectivity index (χ0v) is 84.4. The van der Waals surface area contributed by atoms with Gasteiger partial charge in [-0.05, 0) is 140 Å². The minimum Gasteiger partial charge on any atom is -0.493 e. The summed E-state index contributed by atoms with van der Waals surface area (Å²) in [4.78, 5) is 109. The molecule has 7 atom stereocenters. The van der Waals surface area contributed by atoms with Crippen LogP contribution in [0.15, 0.2) is 147 Å². The number of likely N-dealkylation sites (tertiary alicyclic amines) is 2. The summed E-state index contributed by atoms with van der Waals surface area (Å²) in [5.41, 5.74) is 12.7. The summed E-state index contributed by atoms with van der Waals surface area (Å²) >= 11 is 0. The van der Waals surface area contributed by atoms with Crippen molar-refractivity contribution >= 4 is 167 Å². The Balaban J connectivity index is 0.000000111. The molecular weight excluding hydrogens is 1870 g/mol. The molecule has 0 radical (unpaired) electrons. The highest BCUT2D eigenvalue weighted by molar-refractivity contribution is 6.04. The number of fused-ring (bicyclic) bond motifs is 18. The van der Waals surface area contributed by atoms with Gasteiger partial charge >= 0.3 is 0 Å². The Morgan fingerprint density at radius 1 is 0.367 bits per heavy atom. The first-order valence-corrected chi connectivity index (χ1v) is 51.0. The van der Waals surface area contributed by atoms with Crippen LogP contribution in [0.3, 0.4) is 0 Å². The summed E-state index contributed by atoms with van der Waals surface area (Å²) in [5.74, 6) is 10.6. The van der Waals surface area contributed by atoms with Gasteiger partial charge in [0.2, 0.25) is 17.7 Å². The molecule has 44 heteroatoms. The van der Waals surface area contributed by atoms with Gasteiger partial charge in [-0.2, -0.15) is 57.7 Å². The molecule has 9 aliphatic heterocycles. The van der Waals surface area contributed by atoms with Crippen LogP contribution in [-0.2, 0) is 25.5 Å². The van der Waals surface area contributed by atoms with Crippen molar-refractivity contribution in [2.75, 3.05) is 176 Å². The maximum Gasteiger partial charge on any atom is 0.227 e. The SMILES string of the molecule is C=C1C2CCCCC(=O)c3cnn4c(NC)cc(nc34)NC(C2)CN1C.C=C1CCCC(=O)c2cnn3c(NC)cc(nc23)NC2CCCN1C2.CNc1cc2nc3c(cnn13)C(=O)CCCCC1CC(CN1C)N2.CNc1cc2nc3c(cnn13)NC(=O)CCCc1cccc(c1)N2.CNc1cc2nc3c(cnn13)NC(=O)CCOC1CCCC(C1)N2.CNc1cc2nc3c(cnn13)NC(=O)CCOc1cccc(c1)N2. The van der Waals surface area contributed by atoms with Crippen LogP contribution in [0.1, 0.15) is 184 Å². The number of aromatic nitrogens is 18. The molecule has 1 aliphatic carbocycles. The number of likely N-dealkylation sites (N-methyl/N-ethyl adjacent to an activating group) is 2. The van der Waals surface area contributed by atoms with Gasteiger partial charge in [0, 0.05) is 203 Å². The first kappa shape index (κ1) is 99.7. The van der Waals surface area contributed by atoms with Crippen LogP contribution in [0.4, 0.5) is 98.3 Å². The number of benzene rings is 2. The number of hydrogen-bond acceptors (Lipinski definition) is 35. The third-order valence-corrected chi connectivity index (χ3v) is 28.4. The topological polar surface area (TPSA) is 492 Å². The molecule has 3 amide bonds. The molecule has 7 unspecified atom stereocenters. The number of amides is 3. The highest BCUT2D eigenvalue weighted by Gasteiger charge is 2.35. The van der Waals surface area contributed by atoms with Crippen molar-refractivity contribution in [1.29, 1.82) is 0 Å². The van der Waals surface area contributed by atoms with Gasteiger partial charge in [-0.1, -0.05) is 44.2 Å². The molecule has 15 N–H and O–H groups in total. The number of rotatable bonds is 6. The lowest BCUT2D eigenvalue weighted by Crippen LogP contribution is -2.42. The van der Waals surface area contributed by atoms with E-state index >= 15 is 0 Å². The first-order valence-electron chi connectivity index (χ1n) is 51.0. The molecule has 147 heavy (non-hydrogen) atoms. The zero-order valence-electron chi connectivity index (χ0n) is 84.4. The van der Waals surface area contributed by atoms with Gasteiger partial charge in [0.1, 0.15) is 92.6 Å². The predicted molar refractivity (Wildman–Crippen MR) is 571 cm³/mol. The van der Waals surface area contributed by atoms with Crippen molar-refractivity contribution in [3.05, 3.63) is 169 Å². The Bertz CT molecular complexity index is 7070. The number of hydrogen-bond donors (Lipinski definition) is 15. The number of allylic oxidation sites excluding steroid dienone is 2. The largest absolute Gasteiger partial charge is 0.493 e. The van der Waals surface area contributed by atoms with Gasteiger partial charge in [0.05, 0.1) is 86.0 Å². The van der Waals surface area contributed by atoms with Gasteiger partial charge in [0.25, 0.3) is 0 Å². The van der Waals surface area contributed by atoms with Crippen LogP contribution in [0.25, 0.3) is 33.9 Å². The van der Waals surface area contributed by atoms with E-state index in [9.17, 15) is 28.8 Å². The van der Waals surface area contributed by atoms with Crippen LogP contribution in [0.2, 0.25) is 0 Å². The van der Waals surface area contributed by atoms with E-state index in [4.69, 9.17) is 24.4 Å². The predicted octanol–water partition coefficient (Wildman–Crippen LogP) is 14.2. The molecule has 44 nitrogen and oxygen atoms in total. The fourth-order valence-corrected chi connectivity index (χ4v) is 20.8. The van der Waals surface area contributed by atoms with Crippen LogP contribution in [0, 0.1) is 5.92 Å². The number of carbonyl (C=O) groups excluding carboxylic acids is 6. The summed E-state index contributed by atoms with van der Waals surface area (Å²) < 4.78 is 21.7. The maximum absolute atomic E-state index is 12.7. The van der Waals surface area contributed by atoms with Crippen LogP contribution in [0.5, 0.6) is 5.75 Å². The van der Waals surface area contributed by atoms with Crippen LogP contribution in [-0.4, -0.2) is 269 Å². The molecule has 770 valence electrons. The standard InChI is InChI=1S/C19H26N6O.C18H24N6O.C17H24N6O.C17H18N6O.C16H22N6O2.C16H16N6O2/c1-12-13-6-4-5-7-16(26)15-10-21-25-18(20-2)9-17(23-19(15)25)22-14(8-13)11-24(12)3;1-12-5-3-7-15(25)14-10-20-24-17(19-2)9-16(22-18(14)24)21-13-6-4-8-23(12)11-13;1-18-16-8-15-20-11-7-12(22(2)10-11)5-3-4-6-14(24)13-9-19-23(16)17(13)21-15;1-18-15-9-14-20-12-6-2-4-11(8-12)5-3-7-16(24)21-13-10-19-23(15)17(13)22-14;2*1-17-14-8-13-19-10-3-2-4-11(7-10)24-6-5-15(23)20-12-9-18-22(14)16(12)21-13/h9-10,13-14,20H,1,4-8,11H2,2-3H3,(H,22,23);9-10,13,19H,1,3-8,11H2,2H3,(H,21,22);8-9,11-12,18H,3-7,10H2,1-2H3,(H,20,21);2,4,6,8-10,18H,3,5,7H2,1H3,(H,20,22)(H,21,24);8-11,17H,2-7H2,1H3,(H,19,21)(H,20,23);2-4,7-9,17H,5-6H2,1H3,(H,19,21)(H,20,23). The number of anilines is 17. The number of carbonyl (C=O) groups is 6. The molecule has 1 saturated carbocycles. The highest BCUT2D eigenvalue weighted by Crippen LogP contribution is 2.38. The van der Waals surface area contributed by atoms with Gasteiger partial charge in [-0.25, -0.2) is 29.9 Å². The highest BCUT2D eigenvalue weighted by atomic mass is 16.5. The third kappa shape index (κ3) is 23.0. The number of nitrogens with one attached hydrogen (secondary N) is 15. The monoisotopic (exact) mass is 2000 g/mol. The van der Waals surface area contributed by atoms with E-state index in [0.717, 1.165) is 217 Å². The first-order chi connectivity index (χ1) is 71.5. The summed E-state index contributed by atoms with van der Waals surface area (Å²) in [6.07, 6.45) is 30.7.